The van der Waals surface area contributed by atoms with Crippen LogP contribution in [0.15, 0.2) is 42.1 Å². The Morgan fingerprint density at radius 3 is 2.84 bits per heavy atom. The van der Waals surface area contributed by atoms with Crippen LogP contribution in [0.3, 0.4) is 0 Å². The standard InChI is InChI=1S/C18H21ClN4OS/c1-2-11-20-16(24)12-25-18-22-21-17(14-9-5-6-10-15(14)19)23(18)13-7-3-4-8-13/h2,5-6,9-10,13H,1,3-4,7-8,11-12H2,(H,20,24). The van der Waals surface area contributed by atoms with Crippen LogP contribution in [0.2, 0.25) is 5.02 Å². The van der Waals surface area contributed by atoms with Gasteiger partial charge >= 0.3 is 0 Å². The van der Waals surface area contributed by atoms with Gasteiger partial charge in [-0.15, -0.1) is 16.8 Å². The molecular weight excluding hydrogens is 356 g/mol. The summed E-state index contributed by atoms with van der Waals surface area (Å²) in [5.41, 5.74) is 0.881. The van der Waals surface area contributed by atoms with Crippen LogP contribution < -0.4 is 5.32 Å². The van der Waals surface area contributed by atoms with Crippen molar-refractivity contribution in [2.24, 2.45) is 0 Å². The number of nitrogens with one attached hydrogen (secondary N) is 1. The zero-order valence-electron chi connectivity index (χ0n) is 13.9. The minimum absolute atomic E-state index is 0.0369. The maximum absolute atomic E-state index is 11.9. The van der Waals surface area contributed by atoms with Gasteiger partial charge in [-0.1, -0.05) is 54.4 Å². The van der Waals surface area contributed by atoms with Crippen molar-refractivity contribution in [2.75, 3.05) is 12.3 Å². The first-order chi connectivity index (χ1) is 12.2. The van der Waals surface area contributed by atoms with Gasteiger partial charge in [0.15, 0.2) is 11.0 Å². The van der Waals surface area contributed by atoms with Gasteiger partial charge in [0.05, 0.1) is 10.8 Å². The van der Waals surface area contributed by atoms with Gasteiger partial charge in [0.2, 0.25) is 5.91 Å². The second-order valence-electron chi connectivity index (χ2n) is 5.98. The Kier molecular flexibility index (Phi) is 6.15. The van der Waals surface area contributed by atoms with E-state index in [1.807, 2.05) is 24.3 Å². The minimum Gasteiger partial charge on any atom is -0.352 e. The molecule has 1 aliphatic rings. The summed E-state index contributed by atoms with van der Waals surface area (Å²) >= 11 is 7.78. The number of carbonyl (C=O) groups is 1. The topological polar surface area (TPSA) is 59.8 Å². The van der Waals surface area contributed by atoms with Crippen LogP contribution in [-0.4, -0.2) is 33.0 Å². The van der Waals surface area contributed by atoms with Crippen LogP contribution in [0.25, 0.3) is 11.4 Å². The number of hydrogen-bond donors (Lipinski definition) is 1. The summed E-state index contributed by atoms with van der Waals surface area (Å²) in [6, 6.07) is 8.04. The zero-order valence-corrected chi connectivity index (χ0v) is 15.5. The fourth-order valence-electron chi connectivity index (χ4n) is 3.06. The smallest absolute Gasteiger partial charge is 0.230 e. The average Bonchev–Trinajstić information content (AvgIpc) is 3.27. The van der Waals surface area contributed by atoms with Crippen molar-refractivity contribution in [1.82, 2.24) is 20.1 Å². The molecule has 25 heavy (non-hydrogen) atoms. The van der Waals surface area contributed by atoms with Crippen LogP contribution in [-0.2, 0) is 4.79 Å². The van der Waals surface area contributed by atoms with Crippen LogP contribution in [0.1, 0.15) is 31.7 Å². The lowest BCUT2D eigenvalue weighted by Crippen LogP contribution is -2.25. The molecule has 1 N–H and O–H groups in total. The molecule has 132 valence electrons. The molecule has 1 aromatic carbocycles. The lowest BCUT2D eigenvalue weighted by atomic mass is 10.2. The van der Waals surface area contributed by atoms with Crippen molar-refractivity contribution in [2.45, 2.75) is 36.9 Å². The Labute approximate surface area is 156 Å². The highest BCUT2D eigenvalue weighted by atomic mass is 35.5. The normalized spacial score (nSPS) is 14.6. The van der Waals surface area contributed by atoms with E-state index in [1.165, 1.54) is 24.6 Å². The lowest BCUT2D eigenvalue weighted by Gasteiger charge is -2.17. The zero-order chi connectivity index (χ0) is 17.6. The number of halogens is 1. The first-order valence-electron chi connectivity index (χ1n) is 8.41. The van der Waals surface area contributed by atoms with Crippen molar-refractivity contribution in [3.63, 3.8) is 0 Å². The van der Waals surface area contributed by atoms with Crippen LogP contribution in [0.4, 0.5) is 0 Å². The molecule has 7 heteroatoms. The van der Waals surface area contributed by atoms with Crippen molar-refractivity contribution in [3.05, 3.63) is 41.9 Å². The molecule has 0 bridgehead atoms. The summed E-state index contributed by atoms with van der Waals surface area (Å²) in [7, 11) is 0. The molecule has 0 saturated heterocycles. The van der Waals surface area contributed by atoms with Crippen molar-refractivity contribution >= 4 is 29.3 Å². The third-order valence-electron chi connectivity index (χ3n) is 4.25. The van der Waals surface area contributed by atoms with E-state index < -0.39 is 0 Å². The van der Waals surface area contributed by atoms with Gasteiger partial charge in [-0.2, -0.15) is 0 Å². The quantitative estimate of drug-likeness (QED) is 0.583. The van der Waals surface area contributed by atoms with Gasteiger partial charge in [-0.3, -0.25) is 9.36 Å². The molecular formula is C18H21ClN4OS. The van der Waals surface area contributed by atoms with Gasteiger partial charge in [0, 0.05) is 18.2 Å². The number of thioether (sulfide) groups is 1. The number of nitrogens with zero attached hydrogens (tertiary/aromatic N) is 3. The SMILES string of the molecule is C=CCNC(=O)CSc1nnc(-c2ccccc2Cl)n1C1CCCC1. The first-order valence-corrected chi connectivity index (χ1v) is 9.77. The molecule has 1 saturated carbocycles. The van der Waals surface area contributed by atoms with Gasteiger partial charge < -0.3 is 5.32 Å². The number of amides is 1. The van der Waals surface area contributed by atoms with E-state index in [2.05, 4.69) is 26.7 Å². The highest BCUT2D eigenvalue weighted by molar-refractivity contribution is 7.99. The highest BCUT2D eigenvalue weighted by Crippen LogP contribution is 2.38. The molecule has 1 fully saturated rings. The summed E-state index contributed by atoms with van der Waals surface area (Å²) in [5, 5.41) is 13.0. The van der Waals surface area contributed by atoms with E-state index in [0.717, 1.165) is 29.4 Å². The largest absolute Gasteiger partial charge is 0.352 e. The molecule has 1 aliphatic carbocycles. The molecule has 0 spiro atoms. The first kappa shape index (κ1) is 18.0. The van der Waals surface area contributed by atoms with E-state index in [-0.39, 0.29) is 5.91 Å². The molecule has 0 atom stereocenters. The summed E-state index contributed by atoms with van der Waals surface area (Å²) < 4.78 is 2.17. The molecule has 1 aromatic heterocycles. The van der Waals surface area contributed by atoms with Crippen LogP contribution in [0.5, 0.6) is 0 Å². The molecule has 0 radical (unpaired) electrons. The third-order valence-corrected chi connectivity index (χ3v) is 5.52. The molecule has 5 nitrogen and oxygen atoms in total. The van der Waals surface area contributed by atoms with E-state index in [0.29, 0.717) is 23.4 Å². The number of rotatable bonds is 7. The Morgan fingerprint density at radius 2 is 2.12 bits per heavy atom. The fourth-order valence-corrected chi connectivity index (χ4v) is 4.12. The molecule has 1 amide bonds. The summed E-state index contributed by atoms with van der Waals surface area (Å²) in [5.74, 6) is 1.05. The van der Waals surface area contributed by atoms with Gasteiger partial charge in [0.25, 0.3) is 0 Å². The van der Waals surface area contributed by atoms with E-state index in [1.54, 1.807) is 6.08 Å². The molecule has 2 aromatic rings. The maximum atomic E-state index is 11.9. The predicted molar refractivity (Wildman–Crippen MR) is 102 cm³/mol. The van der Waals surface area contributed by atoms with Crippen LogP contribution in [0, 0.1) is 0 Å². The summed E-state index contributed by atoms with van der Waals surface area (Å²) in [6.45, 7) is 4.07. The Hall–Kier alpha value is -1.79. The lowest BCUT2D eigenvalue weighted by molar-refractivity contribution is -0.118. The van der Waals surface area contributed by atoms with Crippen molar-refractivity contribution in [1.29, 1.82) is 0 Å². The average molecular weight is 377 g/mol. The Morgan fingerprint density at radius 1 is 1.36 bits per heavy atom. The highest BCUT2D eigenvalue weighted by Gasteiger charge is 2.26. The Balaban J connectivity index is 1.87. The number of aromatic nitrogens is 3. The second-order valence-corrected chi connectivity index (χ2v) is 7.33. The number of hydrogen-bond acceptors (Lipinski definition) is 4. The predicted octanol–water partition coefficient (Wildman–Crippen LogP) is 4.11. The van der Waals surface area contributed by atoms with Crippen molar-refractivity contribution < 1.29 is 4.79 Å². The van der Waals surface area contributed by atoms with E-state index in [9.17, 15) is 4.79 Å². The maximum Gasteiger partial charge on any atom is 0.230 e. The molecule has 0 unspecified atom stereocenters. The minimum atomic E-state index is -0.0369. The van der Waals surface area contributed by atoms with Gasteiger partial charge in [0.1, 0.15) is 0 Å². The van der Waals surface area contributed by atoms with E-state index >= 15 is 0 Å². The van der Waals surface area contributed by atoms with Gasteiger partial charge in [-0.25, -0.2) is 0 Å². The Bertz CT molecular complexity index is 755. The summed E-state index contributed by atoms with van der Waals surface area (Å²) in [4.78, 5) is 11.9. The molecule has 0 aliphatic heterocycles. The van der Waals surface area contributed by atoms with E-state index in [4.69, 9.17) is 11.6 Å². The monoisotopic (exact) mass is 376 g/mol. The summed E-state index contributed by atoms with van der Waals surface area (Å²) in [6.07, 6.45) is 6.28. The van der Waals surface area contributed by atoms with Gasteiger partial charge in [-0.05, 0) is 25.0 Å². The molecule has 3 rings (SSSR count). The van der Waals surface area contributed by atoms with Crippen molar-refractivity contribution in [3.8, 4) is 11.4 Å². The van der Waals surface area contributed by atoms with Crippen LogP contribution >= 0.6 is 23.4 Å². The third kappa shape index (κ3) is 4.25. The fraction of sp³-hybridized carbons (Fsp3) is 0.389. The number of benzene rings is 1. The second kappa shape index (κ2) is 8.54. The number of carbonyl (C=O) groups excluding carboxylic acids is 1. The molecule has 1 heterocycles.